The van der Waals surface area contributed by atoms with Crippen molar-refractivity contribution in [3.63, 3.8) is 0 Å². The van der Waals surface area contributed by atoms with E-state index in [1.807, 2.05) is 13.8 Å². The predicted molar refractivity (Wildman–Crippen MR) is 78.8 cm³/mol. The average molecular weight is 300 g/mol. The van der Waals surface area contributed by atoms with E-state index >= 15 is 0 Å². The average Bonchev–Trinajstić information content (AvgIpc) is 2.46. The molecule has 8 nitrogen and oxygen atoms in total. The SMILES string of the molecule is CC(C)c1ncc2oc3nc(N)c(C(=O)O)cc3c(=O)c2n1. The van der Waals surface area contributed by atoms with Gasteiger partial charge in [0.25, 0.3) is 0 Å². The highest BCUT2D eigenvalue weighted by atomic mass is 16.4. The van der Waals surface area contributed by atoms with Gasteiger partial charge < -0.3 is 15.3 Å². The van der Waals surface area contributed by atoms with Gasteiger partial charge in [-0.15, -0.1) is 0 Å². The third-order valence-electron chi connectivity index (χ3n) is 3.20. The van der Waals surface area contributed by atoms with Crippen LogP contribution in [0.3, 0.4) is 0 Å². The molecule has 0 aliphatic rings. The first kappa shape index (κ1) is 13.9. The number of pyridine rings is 1. The number of nitrogens with two attached hydrogens (primary N) is 1. The number of rotatable bonds is 2. The van der Waals surface area contributed by atoms with Gasteiger partial charge in [-0.25, -0.2) is 14.8 Å². The van der Waals surface area contributed by atoms with Gasteiger partial charge in [0.15, 0.2) is 11.1 Å². The molecule has 0 aliphatic heterocycles. The van der Waals surface area contributed by atoms with Crippen LogP contribution in [0, 0.1) is 0 Å². The van der Waals surface area contributed by atoms with Gasteiger partial charge in [-0.1, -0.05) is 13.8 Å². The molecule has 0 aliphatic carbocycles. The second-order valence-electron chi connectivity index (χ2n) is 5.11. The molecule has 3 rings (SSSR count). The zero-order chi connectivity index (χ0) is 16.0. The van der Waals surface area contributed by atoms with E-state index in [4.69, 9.17) is 15.3 Å². The Morgan fingerprint density at radius 2 is 2.09 bits per heavy atom. The van der Waals surface area contributed by atoms with Gasteiger partial charge in [0, 0.05) is 5.92 Å². The number of aromatic nitrogens is 3. The third-order valence-corrected chi connectivity index (χ3v) is 3.20. The van der Waals surface area contributed by atoms with Gasteiger partial charge in [0.2, 0.25) is 11.1 Å². The van der Waals surface area contributed by atoms with Crippen LogP contribution in [0.15, 0.2) is 21.5 Å². The molecule has 0 aromatic carbocycles. The van der Waals surface area contributed by atoms with Gasteiger partial charge in [-0.3, -0.25) is 4.79 Å². The Bertz CT molecular complexity index is 978. The standard InChI is InChI=1S/C14H12N4O4/c1-5(2)12-16-4-8-9(17-12)10(19)6-3-7(14(20)21)11(15)18-13(6)22-8/h3-5H,1-2H3,(H2,15,18)(H,20,21). The normalized spacial score (nSPS) is 11.4. The van der Waals surface area contributed by atoms with Crippen molar-refractivity contribution in [2.75, 3.05) is 5.73 Å². The lowest BCUT2D eigenvalue weighted by atomic mass is 10.1. The lowest BCUT2D eigenvalue weighted by Gasteiger charge is -2.06. The van der Waals surface area contributed by atoms with Crippen molar-refractivity contribution < 1.29 is 14.3 Å². The second kappa shape index (κ2) is 4.76. The van der Waals surface area contributed by atoms with Crippen LogP contribution >= 0.6 is 0 Å². The molecule has 0 unspecified atom stereocenters. The molecule has 0 spiro atoms. The number of hydrogen-bond donors (Lipinski definition) is 2. The molecule has 0 radical (unpaired) electrons. The largest absolute Gasteiger partial charge is 0.478 e. The van der Waals surface area contributed by atoms with E-state index in [9.17, 15) is 9.59 Å². The van der Waals surface area contributed by atoms with Gasteiger partial charge in [-0.05, 0) is 6.07 Å². The number of carboxylic acid groups (broad SMARTS) is 1. The third kappa shape index (κ3) is 2.05. The van der Waals surface area contributed by atoms with Crippen LogP contribution in [-0.2, 0) is 0 Å². The number of nitrogen functional groups attached to an aromatic ring is 1. The van der Waals surface area contributed by atoms with Crippen LogP contribution < -0.4 is 11.2 Å². The molecule has 0 atom stereocenters. The summed E-state index contributed by atoms with van der Waals surface area (Å²) in [5, 5.41) is 9.09. The van der Waals surface area contributed by atoms with Crippen LogP contribution in [0.4, 0.5) is 5.82 Å². The zero-order valence-corrected chi connectivity index (χ0v) is 11.8. The number of hydrogen-bond acceptors (Lipinski definition) is 7. The highest BCUT2D eigenvalue weighted by molar-refractivity contribution is 5.97. The number of carbonyl (C=O) groups is 1. The summed E-state index contributed by atoms with van der Waals surface area (Å²) in [4.78, 5) is 35.8. The van der Waals surface area contributed by atoms with Crippen molar-refractivity contribution in [2.24, 2.45) is 0 Å². The first-order chi connectivity index (χ1) is 10.4. The van der Waals surface area contributed by atoms with Gasteiger partial charge in [0.05, 0.1) is 11.6 Å². The van der Waals surface area contributed by atoms with Crippen LogP contribution in [-0.4, -0.2) is 26.0 Å². The van der Waals surface area contributed by atoms with Crippen LogP contribution in [0.25, 0.3) is 22.2 Å². The summed E-state index contributed by atoms with van der Waals surface area (Å²) >= 11 is 0. The fourth-order valence-corrected chi connectivity index (χ4v) is 2.05. The maximum atomic E-state index is 12.5. The molecule has 3 aromatic heterocycles. The lowest BCUT2D eigenvalue weighted by molar-refractivity contribution is 0.0698. The number of anilines is 1. The lowest BCUT2D eigenvalue weighted by Crippen LogP contribution is -2.11. The molecular weight excluding hydrogens is 288 g/mol. The van der Waals surface area contributed by atoms with E-state index in [1.54, 1.807) is 0 Å². The van der Waals surface area contributed by atoms with Crippen LogP contribution in [0.1, 0.15) is 35.9 Å². The summed E-state index contributed by atoms with van der Waals surface area (Å²) < 4.78 is 5.47. The Morgan fingerprint density at radius 3 is 2.73 bits per heavy atom. The summed E-state index contributed by atoms with van der Waals surface area (Å²) in [6.45, 7) is 3.79. The maximum absolute atomic E-state index is 12.5. The zero-order valence-electron chi connectivity index (χ0n) is 11.8. The smallest absolute Gasteiger partial charge is 0.339 e. The van der Waals surface area contributed by atoms with Crippen molar-refractivity contribution in [3.8, 4) is 0 Å². The monoisotopic (exact) mass is 300 g/mol. The fraction of sp³-hybridized carbons (Fsp3) is 0.214. The Hall–Kier alpha value is -3.03. The van der Waals surface area contributed by atoms with Crippen LogP contribution in [0.2, 0.25) is 0 Å². The fourth-order valence-electron chi connectivity index (χ4n) is 2.05. The Labute approximate surface area is 123 Å². The Kier molecular flexibility index (Phi) is 3.01. The molecule has 0 saturated heterocycles. The highest BCUT2D eigenvalue weighted by Gasteiger charge is 2.17. The van der Waals surface area contributed by atoms with Crippen molar-refractivity contribution in [3.05, 3.63) is 33.9 Å². The minimum Gasteiger partial charge on any atom is -0.478 e. The van der Waals surface area contributed by atoms with Crippen molar-refractivity contribution in [1.82, 2.24) is 15.0 Å². The van der Waals surface area contributed by atoms with E-state index in [2.05, 4.69) is 15.0 Å². The first-order valence-electron chi connectivity index (χ1n) is 6.51. The number of nitrogens with zero attached hydrogens (tertiary/aromatic N) is 3. The minimum atomic E-state index is -1.27. The molecule has 0 bridgehead atoms. The molecule has 0 saturated carbocycles. The molecule has 0 fully saturated rings. The van der Waals surface area contributed by atoms with Crippen molar-refractivity contribution in [2.45, 2.75) is 19.8 Å². The summed E-state index contributed by atoms with van der Waals surface area (Å²) in [6.07, 6.45) is 1.40. The number of carboxylic acids is 1. The summed E-state index contributed by atoms with van der Waals surface area (Å²) in [6, 6.07) is 1.16. The van der Waals surface area contributed by atoms with Gasteiger partial charge in [-0.2, -0.15) is 4.98 Å². The quantitative estimate of drug-likeness (QED) is 0.681. The number of fused-ring (bicyclic) bond motifs is 2. The molecule has 0 amide bonds. The predicted octanol–water partition coefficient (Wildman–Crippen LogP) is 1.53. The van der Waals surface area contributed by atoms with E-state index in [0.29, 0.717) is 5.82 Å². The first-order valence-corrected chi connectivity index (χ1v) is 6.51. The van der Waals surface area contributed by atoms with Crippen molar-refractivity contribution in [1.29, 1.82) is 0 Å². The summed E-state index contributed by atoms with van der Waals surface area (Å²) in [5.74, 6) is -0.946. The van der Waals surface area contributed by atoms with E-state index < -0.39 is 11.4 Å². The molecule has 3 heterocycles. The van der Waals surface area contributed by atoms with Gasteiger partial charge >= 0.3 is 5.97 Å². The molecule has 112 valence electrons. The molecule has 22 heavy (non-hydrogen) atoms. The topological polar surface area (TPSA) is 132 Å². The molecular formula is C14H12N4O4. The molecule has 8 heteroatoms. The summed E-state index contributed by atoms with van der Waals surface area (Å²) in [5.41, 5.74) is 5.07. The maximum Gasteiger partial charge on any atom is 0.339 e. The van der Waals surface area contributed by atoms with Crippen molar-refractivity contribution >= 4 is 34.0 Å². The second-order valence-corrected chi connectivity index (χ2v) is 5.11. The Morgan fingerprint density at radius 1 is 1.36 bits per heavy atom. The number of aromatic carboxylic acids is 1. The minimum absolute atomic E-state index is 0.0208. The molecule has 3 aromatic rings. The van der Waals surface area contributed by atoms with Crippen LogP contribution in [0.5, 0.6) is 0 Å². The van der Waals surface area contributed by atoms with E-state index in [-0.39, 0.29) is 39.5 Å². The van der Waals surface area contributed by atoms with Gasteiger partial charge in [0.1, 0.15) is 17.2 Å². The van der Waals surface area contributed by atoms with E-state index in [0.717, 1.165) is 6.07 Å². The Balaban J connectivity index is 2.43. The van der Waals surface area contributed by atoms with E-state index in [1.165, 1.54) is 6.20 Å². The molecule has 3 N–H and O–H groups in total. The summed E-state index contributed by atoms with van der Waals surface area (Å²) in [7, 11) is 0. The highest BCUT2D eigenvalue weighted by Crippen LogP contribution is 2.20.